The van der Waals surface area contributed by atoms with Crippen LogP contribution in [0.25, 0.3) is 11.0 Å². The van der Waals surface area contributed by atoms with Gasteiger partial charge in [0, 0.05) is 30.6 Å². The van der Waals surface area contributed by atoms with Gasteiger partial charge >= 0.3 is 0 Å². The van der Waals surface area contributed by atoms with Crippen LogP contribution < -0.4 is 19.1 Å². The van der Waals surface area contributed by atoms with Crippen LogP contribution in [0.1, 0.15) is 29.3 Å². The van der Waals surface area contributed by atoms with Gasteiger partial charge in [0.15, 0.2) is 11.5 Å². The maximum absolute atomic E-state index is 13.0. The second-order valence-electron chi connectivity index (χ2n) is 9.23. The Labute approximate surface area is 203 Å². The molecule has 6 rings (SSSR count). The van der Waals surface area contributed by atoms with E-state index in [0.29, 0.717) is 37.6 Å². The number of fused-ring (bicyclic) bond motifs is 2. The lowest BCUT2D eigenvalue weighted by molar-refractivity contribution is -0.117. The molecule has 1 saturated heterocycles. The van der Waals surface area contributed by atoms with Crippen LogP contribution in [0.2, 0.25) is 0 Å². The Morgan fingerprint density at radius 2 is 1.80 bits per heavy atom. The maximum Gasteiger partial charge on any atom is 0.231 e. The second-order valence-corrected chi connectivity index (χ2v) is 9.23. The van der Waals surface area contributed by atoms with E-state index in [0.717, 1.165) is 28.3 Å². The number of carbonyl (C=O) groups is 1. The Morgan fingerprint density at radius 3 is 2.66 bits per heavy atom. The molecule has 0 N–H and O–H groups in total. The largest absolute Gasteiger partial charge is 0.492 e. The number of anilines is 1. The van der Waals surface area contributed by atoms with E-state index >= 15 is 0 Å². The first-order valence-electron chi connectivity index (χ1n) is 11.9. The van der Waals surface area contributed by atoms with Gasteiger partial charge in [-0.15, -0.1) is 0 Å². The van der Waals surface area contributed by atoms with Gasteiger partial charge in [0.2, 0.25) is 12.7 Å². The Morgan fingerprint density at radius 1 is 1.00 bits per heavy atom. The van der Waals surface area contributed by atoms with Crippen molar-refractivity contribution in [1.29, 1.82) is 0 Å². The summed E-state index contributed by atoms with van der Waals surface area (Å²) in [4.78, 5) is 19.8. The molecule has 1 fully saturated rings. The number of imidazole rings is 1. The lowest BCUT2D eigenvalue weighted by Crippen LogP contribution is -2.24. The number of hydrogen-bond acceptors (Lipinski definition) is 5. The molecule has 0 bridgehead atoms. The minimum absolute atomic E-state index is 0.0125. The summed E-state index contributed by atoms with van der Waals surface area (Å²) in [6, 6.07) is 20.0. The van der Waals surface area contributed by atoms with Crippen LogP contribution in [0.15, 0.2) is 60.7 Å². The number of rotatable bonds is 6. The molecule has 0 aliphatic carbocycles. The molecule has 0 spiro atoms. The van der Waals surface area contributed by atoms with Crippen LogP contribution in [-0.2, 0) is 11.3 Å². The quantitative estimate of drug-likeness (QED) is 0.398. The smallest absolute Gasteiger partial charge is 0.231 e. The predicted octanol–water partition coefficient (Wildman–Crippen LogP) is 4.98. The molecule has 0 radical (unpaired) electrons. The molecule has 35 heavy (non-hydrogen) atoms. The number of aryl methyl sites for hydroxylation is 2. The van der Waals surface area contributed by atoms with Crippen LogP contribution >= 0.6 is 0 Å². The van der Waals surface area contributed by atoms with E-state index in [9.17, 15) is 4.79 Å². The van der Waals surface area contributed by atoms with Crippen molar-refractivity contribution in [3.63, 3.8) is 0 Å². The van der Waals surface area contributed by atoms with Crippen LogP contribution in [-0.4, -0.2) is 35.4 Å². The number of hydrogen-bond donors (Lipinski definition) is 0. The van der Waals surface area contributed by atoms with Gasteiger partial charge in [0.05, 0.1) is 17.6 Å². The minimum atomic E-state index is -0.0125. The summed E-state index contributed by atoms with van der Waals surface area (Å²) in [5.74, 6) is 3.25. The first-order chi connectivity index (χ1) is 17.0. The summed E-state index contributed by atoms with van der Waals surface area (Å²) < 4.78 is 19.2. The SMILES string of the molecule is Cc1cc(C)cc(OCCn2c(C3CC(=O)N(c4ccc5c(c4)OCO5)C3)nc3ccccc32)c1. The molecule has 3 heterocycles. The molecule has 1 amide bonds. The van der Waals surface area contributed by atoms with Crippen molar-refractivity contribution in [1.82, 2.24) is 9.55 Å². The van der Waals surface area contributed by atoms with Gasteiger partial charge in [0.25, 0.3) is 0 Å². The van der Waals surface area contributed by atoms with Crippen LogP contribution in [0.5, 0.6) is 17.2 Å². The van der Waals surface area contributed by atoms with Crippen LogP contribution in [0, 0.1) is 13.8 Å². The topological polar surface area (TPSA) is 65.8 Å². The summed E-state index contributed by atoms with van der Waals surface area (Å²) in [6.45, 7) is 6.10. The Kier molecular flexibility index (Phi) is 5.32. The molecule has 2 aliphatic heterocycles. The lowest BCUT2D eigenvalue weighted by atomic mass is 10.1. The van der Waals surface area contributed by atoms with Crippen molar-refractivity contribution in [2.45, 2.75) is 32.7 Å². The van der Waals surface area contributed by atoms with Gasteiger partial charge in [-0.2, -0.15) is 0 Å². The number of aromatic nitrogens is 2. The zero-order chi connectivity index (χ0) is 23.9. The van der Waals surface area contributed by atoms with E-state index in [1.54, 1.807) is 0 Å². The van der Waals surface area contributed by atoms with Crippen molar-refractivity contribution < 1.29 is 19.0 Å². The number of para-hydroxylation sites is 2. The molecule has 0 saturated carbocycles. The predicted molar refractivity (Wildman–Crippen MR) is 133 cm³/mol. The van der Waals surface area contributed by atoms with Crippen LogP contribution in [0.4, 0.5) is 5.69 Å². The van der Waals surface area contributed by atoms with E-state index in [2.05, 4.69) is 42.7 Å². The van der Waals surface area contributed by atoms with E-state index in [1.807, 2.05) is 41.3 Å². The molecule has 3 aromatic carbocycles. The van der Waals surface area contributed by atoms with Gasteiger partial charge < -0.3 is 23.7 Å². The second kappa shape index (κ2) is 8.65. The fourth-order valence-electron chi connectivity index (χ4n) is 5.10. The number of amides is 1. The normalized spacial score (nSPS) is 16.9. The summed E-state index contributed by atoms with van der Waals surface area (Å²) >= 11 is 0. The maximum atomic E-state index is 13.0. The fraction of sp³-hybridized carbons (Fsp3) is 0.286. The Balaban J connectivity index is 1.25. The van der Waals surface area contributed by atoms with Crippen molar-refractivity contribution in [3.05, 3.63) is 77.6 Å². The fourth-order valence-corrected chi connectivity index (χ4v) is 5.10. The summed E-state index contributed by atoms with van der Waals surface area (Å²) in [7, 11) is 0. The highest BCUT2D eigenvalue weighted by Crippen LogP contribution is 2.39. The van der Waals surface area contributed by atoms with Crippen molar-refractivity contribution in [3.8, 4) is 17.2 Å². The molecule has 4 aromatic rings. The molecular weight excluding hydrogens is 442 g/mol. The van der Waals surface area contributed by atoms with Gasteiger partial charge in [-0.1, -0.05) is 18.2 Å². The highest BCUT2D eigenvalue weighted by Gasteiger charge is 2.35. The third-order valence-electron chi connectivity index (χ3n) is 6.62. The minimum Gasteiger partial charge on any atom is -0.492 e. The highest BCUT2D eigenvalue weighted by atomic mass is 16.7. The van der Waals surface area contributed by atoms with Crippen molar-refractivity contribution in [2.24, 2.45) is 0 Å². The van der Waals surface area contributed by atoms with E-state index in [4.69, 9.17) is 19.2 Å². The molecule has 7 nitrogen and oxygen atoms in total. The third kappa shape index (κ3) is 4.07. The van der Waals surface area contributed by atoms with Crippen LogP contribution in [0.3, 0.4) is 0 Å². The number of carbonyl (C=O) groups excluding carboxylic acids is 1. The van der Waals surface area contributed by atoms with Gasteiger partial charge in [0.1, 0.15) is 18.2 Å². The Bertz CT molecular complexity index is 1410. The average Bonchev–Trinajstić information content (AvgIpc) is 3.55. The van der Waals surface area contributed by atoms with Gasteiger partial charge in [-0.05, 0) is 61.4 Å². The first kappa shape index (κ1) is 21.5. The number of nitrogens with zero attached hydrogens (tertiary/aromatic N) is 3. The summed E-state index contributed by atoms with van der Waals surface area (Å²) in [5, 5.41) is 0. The van der Waals surface area contributed by atoms with Crippen molar-refractivity contribution in [2.75, 3.05) is 24.8 Å². The van der Waals surface area contributed by atoms with Gasteiger partial charge in [-0.3, -0.25) is 4.79 Å². The Hall–Kier alpha value is -4.00. The van der Waals surface area contributed by atoms with E-state index < -0.39 is 0 Å². The van der Waals surface area contributed by atoms with Gasteiger partial charge in [-0.25, -0.2) is 4.98 Å². The van der Waals surface area contributed by atoms with E-state index in [1.165, 1.54) is 11.1 Å². The monoisotopic (exact) mass is 469 g/mol. The average molecular weight is 470 g/mol. The molecule has 1 unspecified atom stereocenters. The summed E-state index contributed by atoms with van der Waals surface area (Å²) in [5.41, 5.74) is 5.18. The molecule has 178 valence electrons. The third-order valence-corrected chi connectivity index (χ3v) is 6.62. The highest BCUT2D eigenvalue weighted by molar-refractivity contribution is 5.97. The molecule has 7 heteroatoms. The van der Waals surface area contributed by atoms with E-state index in [-0.39, 0.29) is 18.6 Å². The standard InChI is InChI=1S/C28H27N3O4/c1-18-11-19(2)13-22(12-18)33-10-9-30-24-6-4-3-5-23(24)29-28(30)20-14-27(32)31(16-20)21-7-8-25-26(15-21)35-17-34-25/h3-8,11-13,15,20H,9-10,14,16-17H2,1-2H3. The first-order valence-corrected chi connectivity index (χ1v) is 11.9. The zero-order valence-electron chi connectivity index (χ0n) is 19.9. The molecule has 1 atom stereocenters. The lowest BCUT2D eigenvalue weighted by Gasteiger charge is -2.18. The zero-order valence-corrected chi connectivity index (χ0v) is 19.9. The molecule has 2 aliphatic rings. The number of ether oxygens (including phenoxy) is 3. The molecular formula is C28H27N3O4. The van der Waals surface area contributed by atoms with Crippen molar-refractivity contribution >= 4 is 22.6 Å². The molecule has 1 aromatic heterocycles. The summed E-state index contributed by atoms with van der Waals surface area (Å²) in [6.07, 6.45) is 0.412. The number of benzene rings is 3.